The van der Waals surface area contributed by atoms with E-state index < -0.39 is 23.1 Å². The third-order valence-corrected chi connectivity index (χ3v) is 6.13. The van der Waals surface area contributed by atoms with E-state index in [1.807, 2.05) is 6.07 Å². The Labute approximate surface area is 182 Å². The van der Waals surface area contributed by atoms with Crippen LogP contribution in [0.3, 0.4) is 0 Å². The first-order valence-electron chi connectivity index (χ1n) is 10.1. The number of aryl methyl sites for hydroxylation is 1. The molecule has 0 bridgehead atoms. The summed E-state index contributed by atoms with van der Waals surface area (Å²) in [6, 6.07) is 7.11. The molecule has 0 saturated carbocycles. The lowest BCUT2D eigenvalue weighted by atomic mass is 9.76. The number of benzene rings is 3. The van der Waals surface area contributed by atoms with E-state index in [1.165, 1.54) is 25.1 Å². The molecule has 7 heteroatoms. The molecule has 5 rings (SSSR count). The van der Waals surface area contributed by atoms with E-state index in [-0.39, 0.29) is 46.0 Å². The van der Waals surface area contributed by atoms with Gasteiger partial charge in [-0.05, 0) is 60.7 Å². The lowest BCUT2D eigenvalue weighted by molar-refractivity contribution is -0.116. The van der Waals surface area contributed by atoms with Crippen LogP contribution in [-0.2, 0) is 24.1 Å². The molecule has 0 unspecified atom stereocenters. The Bertz CT molecular complexity index is 1400. The van der Waals surface area contributed by atoms with E-state index in [2.05, 4.69) is 0 Å². The highest BCUT2D eigenvalue weighted by molar-refractivity contribution is 6.31. The molecule has 2 aliphatic rings. The predicted molar refractivity (Wildman–Crippen MR) is 114 cm³/mol. The van der Waals surface area contributed by atoms with E-state index in [4.69, 9.17) is 0 Å². The second-order valence-electron chi connectivity index (χ2n) is 8.22. The average Bonchev–Trinajstić information content (AvgIpc) is 2.72. The van der Waals surface area contributed by atoms with Crippen molar-refractivity contribution in [2.45, 2.75) is 26.2 Å². The minimum atomic E-state index is -0.707. The molecule has 32 heavy (non-hydrogen) atoms. The summed E-state index contributed by atoms with van der Waals surface area (Å²) in [5.41, 5.74) is 2.05. The second-order valence-corrected chi connectivity index (χ2v) is 8.22. The Kier molecular flexibility index (Phi) is 4.14. The standard InChI is InChI=1S/C25H18O7/c1-10(26)6-11-7-12-2-3-13-15(19(12)18(28)8-11)9-16-21(22(13)29)23(30)14-4-5-17(27)25(32)20(14)24(16)31/h4-5,7-9,27-29,32H,2-3,6H2,1H3. The van der Waals surface area contributed by atoms with Gasteiger partial charge in [0.25, 0.3) is 0 Å². The average molecular weight is 430 g/mol. The van der Waals surface area contributed by atoms with Gasteiger partial charge in [-0.1, -0.05) is 6.07 Å². The van der Waals surface area contributed by atoms with E-state index in [1.54, 1.807) is 0 Å². The van der Waals surface area contributed by atoms with Crippen LogP contribution in [0.15, 0.2) is 30.3 Å². The van der Waals surface area contributed by atoms with Crippen LogP contribution in [0.2, 0.25) is 0 Å². The quantitative estimate of drug-likeness (QED) is 0.359. The maximum Gasteiger partial charge on any atom is 0.198 e. The number of ketones is 3. The molecule has 7 nitrogen and oxygen atoms in total. The lowest BCUT2D eigenvalue weighted by Gasteiger charge is -2.27. The van der Waals surface area contributed by atoms with E-state index in [0.29, 0.717) is 35.1 Å². The fraction of sp³-hybridized carbons (Fsp3) is 0.160. The fourth-order valence-electron chi connectivity index (χ4n) is 4.77. The third-order valence-electron chi connectivity index (χ3n) is 6.13. The molecule has 0 saturated heterocycles. The maximum atomic E-state index is 13.2. The third kappa shape index (κ3) is 2.64. The van der Waals surface area contributed by atoms with Crippen LogP contribution in [0.5, 0.6) is 23.0 Å². The van der Waals surface area contributed by atoms with Gasteiger partial charge in [0.1, 0.15) is 17.3 Å². The molecular formula is C25H18O7. The molecule has 0 radical (unpaired) electrons. The Morgan fingerprint density at radius 2 is 1.47 bits per heavy atom. The highest BCUT2D eigenvalue weighted by atomic mass is 16.3. The number of rotatable bonds is 2. The van der Waals surface area contributed by atoms with Crippen molar-refractivity contribution in [3.05, 3.63) is 69.3 Å². The number of phenols is 4. The number of aromatic hydroxyl groups is 4. The Balaban J connectivity index is 1.75. The maximum absolute atomic E-state index is 13.2. The van der Waals surface area contributed by atoms with Crippen molar-refractivity contribution in [2.75, 3.05) is 0 Å². The molecule has 0 fully saturated rings. The second kappa shape index (κ2) is 6.68. The molecule has 2 aliphatic carbocycles. The molecule has 0 amide bonds. The first-order chi connectivity index (χ1) is 15.2. The van der Waals surface area contributed by atoms with Gasteiger partial charge in [-0.25, -0.2) is 0 Å². The van der Waals surface area contributed by atoms with Crippen LogP contribution < -0.4 is 0 Å². The van der Waals surface area contributed by atoms with Gasteiger partial charge in [0.05, 0.1) is 11.1 Å². The van der Waals surface area contributed by atoms with Gasteiger partial charge in [0.2, 0.25) is 0 Å². The number of Topliss-reactive ketones (excluding diaryl/α,β-unsaturated/α-hetero) is 1. The molecule has 0 atom stereocenters. The van der Waals surface area contributed by atoms with Crippen LogP contribution in [0.1, 0.15) is 55.5 Å². The number of phenolic OH excluding ortho intramolecular Hbond substituents is 4. The highest BCUT2D eigenvalue weighted by Gasteiger charge is 2.38. The van der Waals surface area contributed by atoms with Crippen molar-refractivity contribution in [3.8, 4) is 34.1 Å². The van der Waals surface area contributed by atoms with Crippen molar-refractivity contribution in [1.29, 1.82) is 0 Å². The zero-order valence-corrected chi connectivity index (χ0v) is 17.0. The molecule has 0 aromatic heterocycles. The number of hydrogen-bond acceptors (Lipinski definition) is 7. The van der Waals surface area contributed by atoms with Gasteiger partial charge in [0, 0.05) is 28.7 Å². The SMILES string of the molecule is CC(=O)Cc1cc(O)c2c(c1)CCc1c-2cc2c(c1O)C(=O)c1ccc(O)c(O)c1C2=O. The molecule has 3 aromatic rings. The van der Waals surface area contributed by atoms with Crippen molar-refractivity contribution < 1.29 is 34.8 Å². The molecule has 3 aromatic carbocycles. The lowest BCUT2D eigenvalue weighted by Crippen LogP contribution is -2.22. The summed E-state index contributed by atoms with van der Waals surface area (Å²) in [5, 5.41) is 41.8. The normalized spacial score (nSPS) is 13.8. The van der Waals surface area contributed by atoms with Gasteiger partial charge in [-0.15, -0.1) is 0 Å². The zero-order chi connectivity index (χ0) is 22.9. The molecular weight excluding hydrogens is 412 g/mol. The van der Waals surface area contributed by atoms with Gasteiger partial charge in [0.15, 0.2) is 23.1 Å². The molecule has 0 heterocycles. The zero-order valence-electron chi connectivity index (χ0n) is 17.0. The number of fused-ring (bicyclic) bond motifs is 5. The van der Waals surface area contributed by atoms with Crippen molar-refractivity contribution in [2.24, 2.45) is 0 Å². The van der Waals surface area contributed by atoms with Crippen LogP contribution in [0.4, 0.5) is 0 Å². The van der Waals surface area contributed by atoms with Crippen LogP contribution in [0, 0.1) is 0 Å². The van der Waals surface area contributed by atoms with Gasteiger partial charge >= 0.3 is 0 Å². The van der Waals surface area contributed by atoms with Gasteiger partial charge < -0.3 is 20.4 Å². The van der Waals surface area contributed by atoms with Crippen molar-refractivity contribution in [1.82, 2.24) is 0 Å². The van der Waals surface area contributed by atoms with Crippen LogP contribution >= 0.6 is 0 Å². The minimum Gasteiger partial charge on any atom is -0.507 e. The fourth-order valence-corrected chi connectivity index (χ4v) is 4.77. The molecule has 160 valence electrons. The molecule has 4 N–H and O–H groups in total. The number of carbonyl (C=O) groups excluding carboxylic acids is 3. The monoisotopic (exact) mass is 430 g/mol. The Morgan fingerprint density at radius 3 is 2.19 bits per heavy atom. The first-order valence-corrected chi connectivity index (χ1v) is 10.1. The Morgan fingerprint density at radius 1 is 0.781 bits per heavy atom. The van der Waals surface area contributed by atoms with Crippen LogP contribution in [-0.4, -0.2) is 37.8 Å². The minimum absolute atomic E-state index is 0.0434. The Hall–Kier alpha value is -4.13. The van der Waals surface area contributed by atoms with Gasteiger partial charge in [-0.2, -0.15) is 0 Å². The summed E-state index contributed by atoms with van der Waals surface area (Å²) in [6.45, 7) is 1.46. The van der Waals surface area contributed by atoms with Crippen molar-refractivity contribution >= 4 is 17.3 Å². The molecule has 0 aliphatic heterocycles. The largest absolute Gasteiger partial charge is 0.507 e. The summed E-state index contributed by atoms with van der Waals surface area (Å²) < 4.78 is 0. The topological polar surface area (TPSA) is 132 Å². The summed E-state index contributed by atoms with van der Waals surface area (Å²) in [5.74, 6) is -3.02. The first kappa shape index (κ1) is 19.8. The van der Waals surface area contributed by atoms with Gasteiger partial charge in [-0.3, -0.25) is 14.4 Å². The number of carbonyl (C=O) groups is 3. The van der Waals surface area contributed by atoms with E-state index >= 15 is 0 Å². The summed E-state index contributed by atoms with van der Waals surface area (Å²) >= 11 is 0. The van der Waals surface area contributed by atoms with E-state index in [0.717, 1.165) is 11.6 Å². The summed E-state index contributed by atoms with van der Waals surface area (Å²) in [6.07, 6.45) is 1.02. The van der Waals surface area contributed by atoms with Crippen LogP contribution in [0.25, 0.3) is 11.1 Å². The number of hydrogen-bond donors (Lipinski definition) is 4. The smallest absolute Gasteiger partial charge is 0.198 e. The highest BCUT2D eigenvalue weighted by Crippen LogP contribution is 2.48. The van der Waals surface area contributed by atoms with E-state index in [9.17, 15) is 34.8 Å². The predicted octanol–water partition coefficient (Wildman–Crippen LogP) is 3.18. The summed E-state index contributed by atoms with van der Waals surface area (Å²) in [4.78, 5) is 37.8. The summed E-state index contributed by atoms with van der Waals surface area (Å²) in [7, 11) is 0. The molecule has 0 spiro atoms. The van der Waals surface area contributed by atoms with Crippen molar-refractivity contribution in [3.63, 3.8) is 0 Å².